The summed E-state index contributed by atoms with van der Waals surface area (Å²) in [4.78, 5) is 11.9. The van der Waals surface area contributed by atoms with Gasteiger partial charge in [-0.05, 0) is 37.0 Å². The van der Waals surface area contributed by atoms with Crippen LogP contribution in [0.1, 0.15) is 45.3 Å². The number of amides is 1. The minimum Gasteiger partial charge on any atom is -0.388 e. The second-order valence-corrected chi connectivity index (χ2v) is 5.62. The van der Waals surface area contributed by atoms with E-state index in [0.29, 0.717) is 12.0 Å². The number of aliphatic hydroxyl groups is 1. The fourth-order valence-electron chi connectivity index (χ4n) is 2.07. The van der Waals surface area contributed by atoms with E-state index >= 15 is 0 Å². The van der Waals surface area contributed by atoms with Gasteiger partial charge in [0.15, 0.2) is 0 Å². The lowest BCUT2D eigenvalue weighted by Crippen LogP contribution is -2.47. The molecule has 4 nitrogen and oxygen atoms in total. The number of benzene rings is 1. The Kier molecular flexibility index (Phi) is 6.78. The smallest absolute Gasteiger partial charge is 0.237 e. The zero-order chi connectivity index (χ0) is 16.0. The Balaban J connectivity index is 2.51. The summed E-state index contributed by atoms with van der Waals surface area (Å²) in [6, 6.07) is 4.94. The molecule has 1 rings (SSSR count). The van der Waals surface area contributed by atoms with Crippen molar-refractivity contribution in [2.24, 2.45) is 11.7 Å². The van der Waals surface area contributed by atoms with Crippen LogP contribution in [0.25, 0.3) is 0 Å². The van der Waals surface area contributed by atoms with Crippen LogP contribution in [-0.2, 0) is 4.79 Å². The van der Waals surface area contributed by atoms with E-state index in [2.05, 4.69) is 5.32 Å². The zero-order valence-corrected chi connectivity index (χ0v) is 12.8. The molecule has 4 atom stereocenters. The predicted molar refractivity (Wildman–Crippen MR) is 81.0 cm³/mol. The molecule has 0 bridgehead atoms. The molecule has 0 fully saturated rings. The number of nitrogens with one attached hydrogen (secondary N) is 1. The Morgan fingerprint density at radius 2 is 1.90 bits per heavy atom. The van der Waals surface area contributed by atoms with E-state index in [4.69, 9.17) is 5.73 Å². The summed E-state index contributed by atoms with van der Waals surface area (Å²) >= 11 is 0. The van der Waals surface area contributed by atoms with Crippen molar-refractivity contribution in [2.75, 3.05) is 0 Å². The molecule has 4 unspecified atom stereocenters. The molecule has 0 radical (unpaired) electrons. The van der Waals surface area contributed by atoms with Gasteiger partial charge in [-0.3, -0.25) is 4.79 Å². The molecule has 118 valence electrons. The number of hydrogen-bond donors (Lipinski definition) is 3. The predicted octanol–water partition coefficient (Wildman–Crippen LogP) is 2.13. The first-order valence-electron chi connectivity index (χ1n) is 7.34. The van der Waals surface area contributed by atoms with Gasteiger partial charge in [-0.25, -0.2) is 4.39 Å². The summed E-state index contributed by atoms with van der Waals surface area (Å²) < 4.78 is 12.8. The van der Waals surface area contributed by atoms with E-state index < -0.39 is 12.1 Å². The third-order valence-electron chi connectivity index (χ3n) is 3.78. The average Bonchev–Trinajstić information content (AvgIpc) is 2.45. The molecular weight excluding hydrogens is 271 g/mol. The molecule has 21 heavy (non-hydrogen) atoms. The summed E-state index contributed by atoms with van der Waals surface area (Å²) in [7, 11) is 0. The van der Waals surface area contributed by atoms with Gasteiger partial charge in [0.1, 0.15) is 5.82 Å². The Labute approximate surface area is 125 Å². The van der Waals surface area contributed by atoms with E-state index in [9.17, 15) is 14.3 Å². The van der Waals surface area contributed by atoms with Crippen LogP contribution in [0.2, 0.25) is 0 Å². The molecule has 0 aliphatic rings. The van der Waals surface area contributed by atoms with Crippen LogP contribution >= 0.6 is 0 Å². The van der Waals surface area contributed by atoms with Crippen molar-refractivity contribution >= 4 is 5.91 Å². The Morgan fingerprint density at radius 1 is 1.33 bits per heavy atom. The molecule has 0 aliphatic heterocycles. The standard InChI is InChI=1S/C16H25FN2O2/c1-4-10(2)15(18)16(21)19-11(3)9-14(20)12-5-7-13(17)8-6-12/h5-8,10-11,14-15,20H,4,9,18H2,1-3H3,(H,19,21). The highest BCUT2D eigenvalue weighted by molar-refractivity contribution is 5.82. The van der Waals surface area contributed by atoms with Crippen LogP contribution < -0.4 is 11.1 Å². The lowest BCUT2D eigenvalue weighted by Gasteiger charge is -2.22. The molecule has 0 heterocycles. The van der Waals surface area contributed by atoms with Gasteiger partial charge < -0.3 is 16.2 Å². The average molecular weight is 296 g/mol. The summed E-state index contributed by atoms with van der Waals surface area (Å²) in [5.74, 6) is -0.436. The maximum atomic E-state index is 12.8. The van der Waals surface area contributed by atoms with Gasteiger partial charge in [0.2, 0.25) is 5.91 Å². The molecule has 0 aliphatic carbocycles. The number of carbonyl (C=O) groups is 1. The maximum absolute atomic E-state index is 12.8. The number of carbonyl (C=O) groups excluding carboxylic acids is 1. The number of aliphatic hydroxyl groups excluding tert-OH is 1. The molecule has 0 saturated heterocycles. The van der Waals surface area contributed by atoms with Gasteiger partial charge in [-0.2, -0.15) is 0 Å². The Hall–Kier alpha value is -1.46. The largest absolute Gasteiger partial charge is 0.388 e. The van der Waals surface area contributed by atoms with E-state index in [1.165, 1.54) is 12.1 Å². The van der Waals surface area contributed by atoms with Crippen molar-refractivity contribution in [1.82, 2.24) is 5.32 Å². The molecule has 4 N–H and O–H groups in total. The molecule has 1 aromatic rings. The molecule has 0 saturated carbocycles. The first-order valence-corrected chi connectivity index (χ1v) is 7.34. The quantitative estimate of drug-likeness (QED) is 0.721. The number of nitrogens with two attached hydrogens (primary N) is 1. The third kappa shape index (κ3) is 5.44. The Bertz CT molecular complexity index is 450. The van der Waals surface area contributed by atoms with Crippen molar-refractivity contribution in [3.05, 3.63) is 35.6 Å². The Morgan fingerprint density at radius 3 is 2.43 bits per heavy atom. The SMILES string of the molecule is CCC(C)C(N)C(=O)NC(C)CC(O)c1ccc(F)cc1. The first kappa shape index (κ1) is 17.6. The van der Waals surface area contributed by atoms with Crippen LogP contribution in [0, 0.1) is 11.7 Å². The van der Waals surface area contributed by atoms with E-state index in [1.54, 1.807) is 12.1 Å². The summed E-state index contributed by atoms with van der Waals surface area (Å²) in [5, 5.41) is 12.9. The van der Waals surface area contributed by atoms with E-state index in [-0.39, 0.29) is 23.7 Å². The third-order valence-corrected chi connectivity index (χ3v) is 3.78. The number of halogens is 1. The molecule has 0 aromatic heterocycles. The van der Waals surface area contributed by atoms with Crippen molar-refractivity contribution in [3.8, 4) is 0 Å². The van der Waals surface area contributed by atoms with Gasteiger partial charge in [-0.1, -0.05) is 32.4 Å². The van der Waals surface area contributed by atoms with Gasteiger partial charge in [0.25, 0.3) is 0 Å². The topological polar surface area (TPSA) is 75.4 Å². The van der Waals surface area contributed by atoms with Gasteiger partial charge >= 0.3 is 0 Å². The fourth-order valence-corrected chi connectivity index (χ4v) is 2.07. The number of hydrogen-bond acceptors (Lipinski definition) is 3. The lowest BCUT2D eigenvalue weighted by atomic mass is 9.98. The first-order chi connectivity index (χ1) is 9.85. The molecular formula is C16H25FN2O2. The van der Waals surface area contributed by atoms with Crippen molar-refractivity contribution < 1.29 is 14.3 Å². The maximum Gasteiger partial charge on any atom is 0.237 e. The van der Waals surface area contributed by atoms with Crippen molar-refractivity contribution in [1.29, 1.82) is 0 Å². The highest BCUT2D eigenvalue weighted by atomic mass is 19.1. The van der Waals surface area contributed by atoms with Crippen LogP contribution in [-0.4, -0.2) is 23.1 Å². The van der Waals surface area contributed by atoms with Crippen LogP contribution in [0.3, 0.4) is 0 Å². The van der Waals surface area contributed by atoms with E-state index in [0.717, 1.165) is 6.42 Å². The normalized spacial score (nSPS) is 16.9. The molecule has 1 aromatic carbocycles. The van der Waals surface area contributed by atoms with Crippen LogP contribution in [0.4, 0.5) is 4.39 Å². The molecule has 1 amide bonds. The highest BCUT2D eigenvalue weighted by Gasteiger charge is 2.22. The lowest BCUT2D eigenvalue weighted by molar-refractivity contribution is -0.124. The van der Waals surface area contributed by atoms with Gasteiger partial charge in [-0.15, -0.1) is 0 Å². The number of rotatable bonds is 7. The molecule has 5 heteroatoms. The minimum atomic E-state index is -0.749. The van der Waals surface area contributed by atoms with Gasteiger partial charge in [0.05, 0.1) is 12.1 Å². The summed E-state index contributed by atoms with van der Waals surface area (Å²) in [6.07, 6.45) is 0.437. The second kappa shape index (κ2) is 8.10. The highest BCUT2D eigenvalue weighted by Crippen LogP contribution is 2.18. The fraction of sp³-hybridized carbons (Fsp3) is 0.562. The monoisotopic (exact) mass is 296 g/mol. The molecule has 0 spiro atoms. The zero-order valence-electron chi connectivity index (χ0n) is 12.8. The summed E-state index contributed by atoms with van der Waals surface area (Å²) in [5.41, 5.74) is 6.49. The van der Waals surface area contributed by atoms with Crippen molar-refractivity contribution in [3.63, 3.8) is 0 Å². The second-order valence-electron chi connectivity index (χ2n) is 5.62. The minimum absolute atomic E-state index is 0.110. The van der Waals surface area contributed by atoms with Crippen LogP contribution in [0.15, 0.2) is 24.3 Å². The van der Waals surface area contributed by atoms with Crippen LogP contribution in [0.5, 0.6) is 0 Å². The van der Waals surface area contributed by atoms with Crippen molar-refractivity contribution in [2.45, 2.75) is 51.8 Å². The van der Waals surface area contributed by atoms with Gasteiger partial charge in [0, 0.05) is 6.04 Å². The van der Waals surface area contributed by atoms with E-state index in [1.807, 2.05) is 20.8 Å². The summed E-state index contributed by atoms with van der Waals surface area (Å²) in [6.45, 7) is 5.73.